The predicted molar refractivity (Wildman–Crippen MR) is 79.8 cm³/mol. The quantitative estimate of drug-likeness (QED) is 0.598. The van der Waals surface area contributed by atoms with Gasteiger partial charge in [-0.2, -0.15) is 0 Å². The van der Waals surface area contributed by atoms with Crippen molar-refractivity contribution in [2.45, 2.75) is 0 Å². The number of fused-ring (bicyclic) bond motifs is 1. The Morgan fingerprint density at radius 1 is 0.842 bits per heavy atom. The fraction of sp³-hybridized carbons (Fsp3) is 0. The van der Waals surface area contributed by atoms with E-state index in [9.17, 15) is 4.79 Å². The first-order valence-corrected chi connectivity index (χ1v) is 6.40. The molecule has 0 spiro atoms. The summed E-state index contributed by atoms with van der Waals surface area (Å²) >= 11 is 6.28. The van der Waals surface area contributed by atoms with Gasteiger partial charge in [-0.15, -0.1) is 0 Å². The zero-order valence-corrected chi connectivity index (χ0v) is 10.9. The zero-order chi connectivity index (χ0) is 13.2. The van der Waals surface area contributed by atoms with Crippen LogP contribution in [0.3, 0.4) is 0 Å². The molecule has 0 amide bonds. The first-order valence-electron chi connectivity index (χ1n) is 6.02. The summed E-state index contributed by atoms with van der Waals surface area (Å²) in [4.78, 5) is 10.8. The molecule has 0 atom stereocenters. The standard InChI is InChI=1S/C17H11ClO/c18-17-10-12(11-19)8-9-16(17)15-7-3-5-13-4-1-2-6-14(13)15/h1-11H. The molecule has 3 aromatic carbocycles. The minimum atomic E-state index is 0.592. The molecule has 0 radical (unpaired) electrons. The van der Waals surface area contributed by atoms with E-state index >= 15 is 0 Å². The fourth-order valence-corrected chi connectivity index (χ4v) is 2.57. The second kappa shape index (κ2) is 4.87. The molecular formula is C17H11ClO. The summed E-state index contributed by atoms with van der Waals surface area (Å²) in [5.41, 5.74) is 2.62. The highest BCUT2D eigenvalue weighted by molar-refractivity contribution is 6.34. The van der Waals surface area contributed by atoms with Gasteiger partial charge in [-0.25, -0.2) is 0 Å². The Morgan fingerprint density at radius 2 is 1.63 bits per heavy atom. The second-order valence-electron chi connectivity index (χ2n) is 4.38. The second-order valence-corrected chi connectivity index (χ2v) is 4.79. The van der Waals surface area contributed by atoms with Crippen molar-refractivity contribution in [1.29, 1.82) is 0 Å². The van der Waals surface area contributed by atoms with Crippen molar-refractivity contribution in [1.82, 2.24) is 0 Å². The topological polar surface area (TPSA) is 17.1 Å². The van der Waals surface area contributed by atoms with Crippen LogP contribution in [0.4, 0.5) is 0 Å². The summed E-state index contributed by atoms with van der Waals surface area (Å²) in [6.07, 6.45) is 0.804. The SMILES string of the molecule is O=Cc1ccc(-c2cccc3ccccc23)c(Cl)c1. The Balaban J connectivity index is 2.27. The van der Waals surface area contributed by atoms with Gasteiger partial charge in [0.1, 0.15) is 6.29 Å². The highest BCUT2D eigenvalue weighted by Crippen LogP contribution is 2.33. The number of aldehydes is 1. The van der Waals surface area contributed by atoms with E-state index in [1.807, 2.05) is 30.3 Å². The minimum absolute atomic E-state index is 0.592. The molecule has 3 aromatic rings. The maximum absolute atomic E-state index is 10.8. The van der Waals surface area contributed by atoms with Crippen LogP contribution in [-0.2, 0) is 0 Å². The van der Waals surface area contributed by atoms with Crippen LogP contribution in [-0.4, -0.2) is 6.29 Å². The molecule has 0 aromatic heterocycles. The number of hydrogen-bond acceptors (Lipinski definition) is 1. The molecule has 0 saturated carbocycles. The molecule has 1 nitrogen and oxygen atoms in total. The van der Waals surface area contributed by atoms with Crippen molar-refractivity contribution in [3.8, 4) is 11.1 Å². The normalized spacial score (nSPS) is 10.6. The summed E-state index contributed by atoms with van der Waals surface area (Å²) in [6, 6.07) is 19.7. The van der Waals surface area contributed by atoms with Crippen LogP contribution in [0.15, 0.2) is 60.7 Å². The van der Waals surface area contributed by atoms with Gasteiger partial charge >= 0.3 is 0 Å². The van der Waals surface area contributed by atoms with E-state index in [4.69, 9.17) is 11.6 Å². The Hall–Kier alpha value is -2.12. The van der Waals surface area contributed by atoms with E-state index in [1.165, 1.54) is 5.39 Å². The number of carbonyl (C=O) groups is 1. The van der Waals surface area contributed by atoms with Crippen LogP contribution in [0, 0.1) is 0 Å². The summed E-state index contributed by atoms with van der Waals surface area (Å²) in [5, 5.41) is 2.93. The van der Waals surface area contributed by atoms with Gasteiger partial charge < -0.3 is 0 Å². The van der Waals surface area contributed by atoms with Gasteiger partial charge in [-0.1, -0.05) is 66.2 Å². The molecule has 0 bridgehead atoms. The van der Waals surface area contributed by atoms with Gasteiger partial charge in [0.2, 0.25) is 0 Å². The average molecular weight is 267 g/mol. The molecule has 2 heteroatoms. The number of hydrogen-bond donors (Lipinski definition) is 0. The Morgan fingerprint density at radius 3 is 2.42 bits per heavy atom. The van der Waals surface area contributed by atoms with E-state index in [1.54, 1.807) is 12.1 Å². The number of carbonyl (C=O) groups excluding carboxylic acids is 1. The third kappa shape index (κ3) is 2.13. The summed E-state index contributed by atoms with van der Waals surface area (Å²) in [7, 11) is 0. The van der Waals surface area contributed by atoms with Crippen molar-refractivity contribution < 1.29 is 4.79 Å². The van der Waals surface area contributed by atoms with Crippen molar-refractivity contribution in [2.75, 3.05) is 0 Å². The maximum atomic E-state index is 10.8. The molecule has 0 N–H and O–H groups in total. The molecule has 0 aliphatic rings. The van der Waals surface area contributed by atoms with Gasteiger partial charge in [0.15, 0.2) is 0 Å². The molecule has 0 heterocycles. The van der Waals surface area contributed by atoms with Crippen LogP contribution in [0.2, 0.25) is 5.02 Å². The van der Waals surface area contributed by atoms with Crippen molar-refractivity contribution in [2.24, 2.45) is 0 Å². The third-order valence-corrected chi connectivity index (χ3v) is 3.52. The van der Waals surface area contributed by atoms with Crippen LogP contribution in [0.5, 0.6) is 0 Å². The molecule has 92 valence electrons. The highest BCUT2D eigenvalue weighted by atomic mass is 35.5. The molecule has 3 rings (SSSR count). The summed E-state index contributed by atoms with van der Waals surface area (Å²) in [6.45, 7) is 0. The van der Waals surface area contributed by atoms with Crippen molar-refractivity contribution in [3.05, 3.63) is 71.2 Å². The van der Waals surface area contributed by atoms with Crippen LogP contribution < -0.4 is 0 Å². The Bertz CT molecular complexity index is 757. The number of benzene rings is 3. The molecule has 0 aliphatic heterocycles. The zero-order valence-electron chi connectivity index (χ0n) is 10.1. The summed E-state index contributed by atoms with van der Waals surface area (Å²) in [5.74, 6) is 0. The molecule has 0 aliphatic carbocycles. The summed E-state index contributed by atoms with van der Waals surface area (Å²) < 4.78 is 0. The number of halogens is 1. The van der Waals surface area contributed by atoms with Crippen LogP contribution in [0.25, 0.3) is 21.9 Å². The van der Waals surface area contributed by atoms with Crippen LogP contribution >= 0.6 is 11.6 Å². The van der Waals surface area contributed by atoms with Crippen LogP contribution in [0.1, 0.15) is 10.4 Å². The average Bonchev–Trinajstić information content (AvgIpc) is 2.46. The lowest BCUT2D eigenvalue weighted by molar-refractivity contribution is 0.112. The third-order valence-electron chi connectivity index (χ3n) is 3.21. The molecule has 0 unspecified atom stereocenters. The van der Waals surface area contributed by atoms with Gasteiger partial charge in [-0.05, 0) is 22.4 Å². The largest absolute Gasteiger partial charge is 0.298 e. The lowest BCUT2D eigenvalue weighted by Gasteiger charge is -2.09. The lowest BCUT2D eigenvalue weighted by atomic mass is 9.97. The van der Waals surface area contributed by atoms with Crippen molar-refractivity contribution >= 4 is 28.7 Å². The molecule has 0 saturated heterocycles. The maximum Gasteiger partial charge on any atom is 0.150 e. The Kier molecular flexibility index (Phi) is 3.06. The molecular weight excluding hydrogens is 256 g/mol. The molecule has 19 heavy (non-hydrogen) atoms. The van der Waals surface area contributed by atoms with Gasteiger partial charge in [-0.3, -0.25) is 4.79 Å². The lowest BCUT2D eigenvalue weighted by Crippen LogP contribution is -1.85. The molecule has 0 fully saturated rings. The monoisotopic (exact) mass is 266 g/mol. The van der Waals surface area contributed by atoms with E-state index in [-0.39, 0.29) is 0 Å². The van der Waals surface area contributed by atoms with E-state index in [0.717, 1.165) is 22.8 Å². The van der Waals surface area contributed by atoms with E-state index in [2.05, 4.69) is 18.2 Å². The van der Waals surface area contributed by atoms with Gasteiger partial charge in [0.05, 0.1) is 0 Å². The fourth-order valence-electron chi connectivity index (χ4n) is 2.28. The smallest absolute Gasteiger partial charge is 0.150 e. The predicted octanol–water partition coefficient (Wildman–Crippen LogP) is 4.97. The first-order chi connectivity index (χ1) is 9.29. The Labute approximate surface area is 116 Å². The van der Waals surface area contributed by atoms with Crippen molar-refractivity contribution in [3.63, 3.8) is 0 Å². The highest BCUT2D eigenvalue weighted by Gasteiger charge is 2.07. The van der Waals surface area contributed by atoms with E-state index < -0.39 is 0 Å². The van der Waals surface area contributed by atoms with E-state index in [0.29, 0.717) is 10.6 Å². The first kappa shape index (κ1) is 11.9. The van der Waals surface area contributed by atoms with Gasteiger partial charge in [0, 0.05) is 16.1 Å². The minimum Gasteiger partial charge on any atom is -0.298 e. The number of rotatable bonds is 2. The van der Waals surface area contributed by atoms with Gasteiger partial charge in [0.25, 0.3) is 0 Å².